The van der Waals surface area contributed by atoms with Crippen LogP contribution < -0.4 is 0 Å². The minimum Gasteiger partial charge on any atom is -0.455 e. The third-order valence-electron chi connectivity index (χ3n) is 5.32. The maximum Gasteiger partial charge on any atom is 0.331 e. The molecule has 1 aliphatic heterocycles. The normalized spacial score (nSPS) is 22.4. The number of hydrogen-bond donors (Lipinski definition) is 2. The van der Waals surface area contributed by atoms with E-state index in [2.05, 4.69) is 6.92 Å². The van der Waals surface area contributed by atoms with Crippen molar-refractivity contribution in [1.29, 1.82) is 0 Å². The first kappa shape index (κ1) is 27.5. The molecule has 0 aromatic heterocycles. The number of hydrogen-bond acceptors (Lipinski definition) is 7. The second-order valence-corrected chi connectivity index (χ2v) is 8.53. The predicted molar refractivity (Wildman–Crippen MR) is 121 cm³/mol. The highest BCUT2D eigenvalue weighted by Gasteiger charge is 2.34. The summed E-state index contributed by atoms with van der Waals surface area (Å²) >= 11 is 0. The summed E-state index contributed by atoms with van der Waals surface area (Å²) in [6.45, 7) is 7.59. The van der Waals surface area contributed by atoms with Gasteiger partial charge in [0.1, 0.15) is 12.4 Å². The topological polar surface area (TPSA) is 110 Å². The average molecular weight is 449 g/mol. The molecule has 0 radical (unpaired) electrons. The van der Waals surface area contributed by atoms with Crippen LogP contribution in [0, 0.1) is 17.8 Å². The van der Waals surface area contributed by atoms with E-state index in [4.69, 9.17) is 14.6 Å². The van der Waals surface area contributed by atoms with Gasteiger partial charge >= 0.3 is 11.9 Å². The Kier molecular flexibility index (Phi) is 12.5. The summed E-state index contributed by atoms with van der Waals surface area (Å²) < 4.78 is 11.0. The van der Waals surface area contributed by atoms with Crippen LogP contribution in [0.3, 0.4) is 0 Å². The second kappa shape index (κ2) is 14.5. The molecule has 0 amide bonds. The van der Waals surface area contributed by atoms with Crippen molar-refractivity contribution in [1.82, 2.24) is 0 Å². The molecule has 32 heavy (non-hydrogen) atoms. The molecule has 1 rings (SSSR count). The first-order chi connectivity index (χ1) is 15.2. The summed E-state index contributed by atoms with van der Waals surface area (Å²) in [6, 6.07) is 0. The van der Waals surface area contributed by atoms with E-state index in [1.54, 1.807) is 31.2 Å². The van der Waals surface area contributed by atoms with Gasteiger partial charge in [0.05, 0.1) is 0 Å². The molecule has 7 nitrogen and oxygen atoms in total. The number of allylic oxidation sites excluding steroid dienone is 4. The quantitative estimate of drug-likeness (QED) is 0.193. The summed E-state index contributed by atoms with van der Waals surface area (Å²) in [6.07, 6.45) is 10.4. The number of aliphatic hydroxyl groups is 2. The molecule has 0 fully saturated rings. The monoisotopic (exact) mass is 448 g/mol. The molecule has 1 aliphatic rings. The predicted octanol–water partition coefficient (Wildman–Crippen LogP) is 3.07. The Bertz CT molecular complexity index is 747. The van der Waals surface area contributed by atoms with Crippen LogP contribution in [0.1, 0.15) is 47.0 Å². The lowest BCUT2D eigenvalue weighted by molar-refractivity contribution is -0.164. The number of carbonyl (C=O) groups excluding carboxylic acids is 3. The van der Waals surface area contributed by atoms with Crippen LogP contribution in [0.4, 0.5) is 0 Å². The van der Waals surface area contributed by atoms with Gasteiger partial charge in [0, 0.05) is 31.3 Å². The van der Waals surface area contributed by atoms with Crippen LogP contribution in [0.15, 0.2) is 47.6 Å². The van der Waals surface area contributed by atoms with Crippen molar-refractivity contribution in [3.63, 3.8) is 0 Å². The number of aliphatic hydroxyl groups excluding tert-OH is 2. The SMILES string of the molecule is CC(C=CC(=O)OC1C=CC(=O)OC1C(C)CC(C)CC(C)=CC=O)=CC(CO)CCO. The van der Waals surface area contributed by atoms with Crippen LogP contribution >= 0.6 is 0 Å². The van der Waals surface area contributed by atoms with Gasteiger partial charge in [0.2, 0.25) is 0 Å². The van der Waals surface area contributed by atoms with Crippen LogP contribution in [0.5, 0.6) is 0 Å². The molecule has 0 aliphatic carbocycles. The minimum atomic E-state index is -0.692. The summed E-state index contributed by atoms with van der Waals surface area (Å²) in [5, 5.41) is 18.3. The third kappa shape index (κ3) is 10.2. The molecule has 5 atom stereocenters. The number of aldehydes is 1. The van der Waals surface area contributed by atoms with Crippen molar-refractivity contribution < 1.29 is 34.1 Å². The smallest absolute Gasteiger partial charge is 0.331 e. The second-order valence-electron chi connectivity index (χ2n) is 8.53. The highest BCUT2D eigenvalue weighted by Crippen LogP contribution is 2.27. The Labute approximate surface area is 190 Å². The lowest BCUT2D eigenvalue weighted by Gasteiger charge is -2.32. The molecule has 1 heterocycles. The molecule has 0 spiro atoms. The number of carbonyl (C=O) groups is 3. The van der Waals surface area contributed by atoms with Gasteiger partial charge in [0.15, 0.2) is 6.10 Å². The zero-order valence-electron chi connectivity index (χ0n) is 19.4. The van der Waals surface area contributed by atoms with Gasteiger partial charge < -0.3 is 19.7 Å². The molecule has 2 N–H and O–H groups in total. The first-order valence-corrected chi connectivity index (χ1v) is 11.0. The molecule has 178 valence electrons. The van der Waals surface area contributed by atoms with Crippen molar-refractivity contribution in [2.75, 3.05) is 13.2 Å². The van der Waals surface area contributed by atoms with Crippen LogP contribution in [0.2, 0.25) is 0 Å². The molecule has 0 aromatic rings. The van der Waals surface area contributed by atoms with Gasteiger partial charge in [-0.3, -0.25) is 4.79 Å². The number of ether oxygens (including phenoxy) is 2. The van der Waals surface area contributed by atoms with Crippen molar-refractivity contribution in [3.05, 3.63) is 47.6 Å². The molecular formula is C25H36O7. The Morgan fingerprint density at radius 2 is 1.97 bits per heavy atom. The number of esters is 2. The maximum atomic E-state index is 12.3. The molecule has 7 heteroatoms. The lowest BCUT2D eigenvalue weighted by Crippen LogP contribution is -2.41. The van der Waals surface area contributed by atoms with Gasteiger partial charge in [-0.2, -0.15) is 0 Å². The fourth-order valence-corrected chi connectivity index (χ4v) is 3.85. The standard InChI is InChI=1S/C25H36O7/c1-17(15-21(16-28)10-12-27)5-7-23(29)31-22-6-8-24(30)32-25(22)20(4)14-19(3)13-18(2)9-11-26/h5-9,11,15,19-22,25,27-28H,10,12-14,16H2,1-4H3. The molecule has 0 aromatic carbocycles. The van der Waals surface area contributed by atoms with Crippen molar-refractivity contribution in [2.45, 2.75) is 59.2 Å². The van der Waals surface area contributed by atoms with Gasteiger partial charge in [-0.15, -0.1) is 0 Å². The summed E-state index contributed by atoms with van der Waals surface area (Å²) in [5.74, 6) is -1.02. The highest BCUT2D eigenvalue weighted by molar-refractivity contribution is 5.85. The number of cyclic esters (lactones) is 1. The zero-order chi connectivity index (χ0) is 24.1. The minimum absolute atomic E-state index is 0.0291. The summed E-state index contributed by atoms with van der Waals surface area (Å²) in [4.78, 5) is 34.8. The van der Waals surface area contributed by atoms with E-state index in [9.17, 15) is 19.5 Å². The van der Waals surface area contributed by atoms with E-state index >= 15 is 0 Å². The Balaban J connectivity index is 2.77. The maximum absolute atomic E-state index is 12.3. The Morgan fingerprint density at radius 3 is 2.59 bits per heavy atom. The molecule has 5 unspecified atom stereocenters. The van der Waals surface area contributed by atoms with Crippen LogP contribution in [-0.2, 0) is 23.9 Å². The van der Waals surface area contributed by atoms with E-state index in [1.807, 2.05) is 13.8 Å². The Morgan fingerprint density at radius 1 is 1.25 bits per heavy atom. The third-order valence-corrected chi connectivity index (χ3v) is 5.32. The lowest BCUT2D eigenvalue weighted by atomic mass is 9.86. The van der Waals surface area contributed by atoms with Crippen molar-refractivity contribution >= 4 is 18.2 Å². The summed E-state index contributed by atoms with van der Waals surface area (Å²) in [5.41, 5.74) is 1.75. The number of rotatable bonds is 13. The summed E-state index contributed by atoms with van der Waals surface area (Å²) in [7, 11) is 0. The molecule has 0 saturated heterocycles. The molecular weight excluding hydrogens is 412 g/mol. The highest BCUT2D eigenvalue weighted by atomic mass is 16.6. The zero-order valence-corrected chi connectivity index (χ0v) is 19.4. The van der Waals surface area contributed by atoms with E-state index in [0.717, 1.165) is 30.3 Å². The molecule has 0 saturated carbocycles. The van der Waals surface area contributed by atoms with E-state index < -0.39 is 24.1 Å². The Hall–Kier alpha value is -2.51. The van der Waals surface area contributed by atoms with Crippen LogP contribution in [-0.4, -0.2) is 53.9 Å². The van der Waals surface area contributed by atoms with E-state index in [0.29, 0.717) is 6.42 Å². The largest absolute Gasteiger partial charge is 0.455 e. The molecule has 0 bridgehead atoms. The van der Waals surface area contributed by atoms with Crippen LogP contribution in [0.25, 0.3) is 0 Å². The average Bonchev–Trinajstić information content (AvgIpc) is 2.73. The van der Waals surface area contributed by atoms with Gasteiger partial charge in [-0.25, -0.2) is 9.59 Å². The van der Waals surface area contributed by atoms with E-state index in [-0.39, 0.29) is 31.0 Å². The van der Waals surface area contributed by atoms with Gasteiger partial charge in [0.25, 0.3) is 0 Å². The van der Waals surface area contributed by atoms with Gasteiger partial charge in [-0.1, -0.05) is 37.1 Å². The first-order valence-electron chi connectivity index (χ1n) is 11.0. The van der Waals surface area contributed by atoms with Gasteiger partial charge in [-0.05, 0) is 57.1 Å². The fraction of sp³-hybridized carbons (Fsp3) is 0.560. The van der Waals surface area contributed by atoms with E-state index in [1.165, 1.54) is 12.2 Å². The fourth-order valence-electron chi connectivity index (χ4n) is 3.85. The van der Waals surface area contributed by atoms with Crippen molar-refractivity contribution in [2.24, 2.45) is 17.8 Å². The van der Waals surface area contributed by atoms with Crippen molar-refractivity contribution in [3.8, 4) is 0 Å².